The monoisotopic (exact) mass is 398 g/mol. The number of carbonyl (C=O) groups is 1. The highest BCUT2D eigenvalue weighted by atomic mass is 35.5. The van der Waals surface area contributed by atoms with Crippen molar-refractivity contribution in [2.24, 2.45) is 11.5 Å². The number of para-hydroxylation sites is 1. The van der Waals surface area contributed by atoms with E-state index in [0.717, 1.165) is 16.6 Å². The molecule has 0 fully saturated rings. The highest BCUT2D eigenvalue weighted by molar-refractivity contribution is 6.32. The summed E-state index contributed by atoms with van der Waals surface area (Å²) in [6.07, 6.45) is 1.64. The van der Waals surface area contributed by atoms with Crippen LogP contribution in [0.5, 0.6) is 5.75 Å². The molecule has 0 aliphatic rings. The fraction of sp³-hybridized carbons (Fsp3) is 0.238. The van der Waals surface area contributed by atoms with E-state index in [1.807, 2.05) is 44.2 Å². The lowest BCUT2D eigenvalue weighted by molar-refractivity contribution is 0.100. The third-order valence-corrected chi connectivity index (χ3v) is 4.88. The fourth-order valence-electron chi connectivity index (χ4n) is 3.22. The summed E-state index contributed by atoms with van der Waals surface area (Å²) in [5.41, 5.74) is 14.0. The Balaban J connectivity index is 2.09. The van der Waals surface area contributed by atoms with Crippen molar-refractivity contribution in [3.05, 3.63) is 64.8 Å². The first kappa shape index (κ1) is 19.9. The molecular weight excluding hydrogens is 376 g/mol. The number of fused-ring (bicyclic) bond motifs is 1. The van der Waals surface area contributed by atoms with Gasteiger partial charge in [-0.3, -0.25) is 9.78 Å². The van der Waals surface area contributed by atoms with E-state index in [9.17, 15) is 4.79 Å². The molecule has 0 radical (unpaired) electrons. The quantitative estimate of drug-likeness (QED) is 0.584. The van der Waals surface area contributed by atoms with Crippen molar-refractivity contribution in [3.63, 3.8) is 0 Å². The van der Waals surface area contributed by atoms with Crippen LogP contribution in [-0.4, -0.2) is 23.5 Å². The van der Waals surface area contributed by atoms with Gasteiger partial charge in [-0.2, -0.15) is 0 Å². The number of nitrogens with one attached hydrogen (secondary N) is 1. The Bertz CT molecular complexity index is 1030. The smallest absolute Gasteiger partial charge is 0.250 e. The molecule has 0 saturated carbocycles. The van der Waals surface area contributed by atoms with Crippen LogP contribution in [0.15, 0.2) is 48.7 Å². The van der Waals surface area contributed by atoms with Crippen molar-refractivity contribution in [3.8, 4) is 5.75 Å². The molecule has 5 N–H and O–H groups in total. The van der Waals surface area contributed by atoms with Crippen molar-refractivity contribution in [2.75, 3.05) is 12.4 Å². The third kappa shape index (κ3) is 3.88. The maximum absolute atomic E-state index is 11.7. The van der Waals surface area contributed by atoms with Crippen LogP contribution in [0.1, 0.15) is 35.8 Å². The summed E-state index contributed by atoms with van der Waals surface area (Å²) in [5.74, 6) is 0.0762. The van der Waals surface area contributed by atoms with Crippen LogP contribution in [0, 0.1) is 0 Å². The average Bonchev–Trinajstić information content (AvgIpc) is 2.64. The van der Waals surface area contributed by atoms with Gasteiger partial charge in [0, 0.05) is 22.8 Å². The van der Waals surface area contributed by atoms with Crippen LogP contribution in [0.2, 0.25) is 5.02 Å². The summed E-state index contributed by atoms with van der Waals surface area (Å²) < 4.78 is 5.24. The van der Waals surface area contributed by atoms with Crippen molar-refractivity contribution >= 4 is 34.1 Å². The number of carbonyl (C=O) groups excluding carboxylic acids is 1. The third-order valence-electron chi connectivity index (χ3n) is 4.59. The summed E-state index contributed by atoms with van der Waals surface area (Å²) >= 11 is 6.32. The Morgan fingerprint density at radius 1 is 1.25 bits per heavy atom. The van der Waals surface area contributed by atoms with Crippen LogP contribution in [-0.2, 0) is 0 Å². The van der Waals surface area contributed by atoms with Gasteiger partial charge in [-0.05, 0) is 43.7 Å². The predicted molar refractivity (Wildman–Crippen MR) is 113 cm³/mol. The van der Waals surface area contributed by atoms with Crippen molar-refractivity contribution in [1.82, 2.24) is 4.98 Å². The second kappa shape index (κ2) is 7.66. The number of benzene rings is 2. The van der Waals surface area contributed by atoms with Gasteiger partial charge >= 0.3 is 0 Å². The lowest BCUT2D eigenvalue weighted by atomic mass is 9.89. The van der Waals surface area contributed by atoms with Crippen LogP contribution in [0.25, 0.3) is 10.9 Å². The maximum Gasteiger partial charge on any atom is 0.250 e. The van der Waals surface area contributed by atoms with Gasteiger partial charge in [-0.15, -0.1) is 0 Å². The molecule has 1 atom stereocenters. The number of hydrogen-bond donors (Lipinski definition) is 3. The lowest BCUT2D eigenvalue weighted by Gasteiger charge is -2.33. The van der Waals surface area contributed by atoms with Crippen molar-refractivity contribution in [2.45, 2.75) is 25.4 Å². The number of nitrogens with zero attached hydrogens (tertiary/aromatic N) is 1. The number of aromatic nitrogens is 1. The molecule has 6 nitrogen and oxygen atoms in total. The van der Waals surface area contributed by atoms with Gasteiger partial charge in [0.05, 0.1) is 29.3 Å². The first-order valence-corrected chi connectivity index (χ1v) is 9.16. The van der Waals surface area contributed by atoms with Crippen LogP contribution in [0.3, 0.4) is 0 Å². The van der Waals surface area contributed by atoms with E-state index in [1.165, 1.54) is 0 Å². The molecule has 7 heteroatoms. The summed E-state index contributed by atoms with van der Waals surface area (Å²) in [7, 11) is 1.57. The Hall–Kier alpha value is -2.83. The molecule has 0 spiro atoms. The van der Waals surface area contributed by atoms with Gasteiger partial charge < -0.3 is 21.5 Å². The number of anilines is 1. The largest absolute Gasteiger partial charge is 0.495 e. The second-order valence-electron chi connectivity index (χ2n) is 7.22. The first-order valence-electron chi connectivity index (χ1n) is 8.78. The number of methoxy groups -OCH3 is 1. The number of hydrogen-bond acceptors (Lipinski definition) is 5. The van der Waals surface area contributed by atoms with E-state index in [4.69, 9.17) is 27.8 Å². The minimum Gasteiger partial charge on any atom is -0.495 e. The van der Waals surface area contributed by atoms with Gasteiger partial charge in [0.1, 0.15) is 5.75 Å². The van der Waals surface area contributed by atoms with E-state index in [2.05, 4.69) is 10.3 Å². The minimum absolute atomic E-state index is 0.265. The highest BCUT2D eigenvalue weighted by Crippen LogP contribution is 2.35. The topological polar surface area (TPSA) is 103 Å². The number of primary amides is 1. The molecule has 28 heavy (non-hydrogen) atoms. The molecular formula is C21H23ClN4O2. The summed E-state index contributed by atoms with van der Waals surface area (Å²) in [6, 6.07) is 12.5. The van der Waals surface area contributed by atoms with E-state index in [0.29, 0.717) is 21.9 Å². The molecule has 3 aromatic rings. The number of pyridine rings is 1. The van der Waals surface area contributed by atoms with Gasteiger partial charge in [0.2, 0.25) is 0 Å². The Labute approximate surface area is 168 Å². The standard InChI is InChI=1S/C21H23ClN4O2/c1-21(2,24)19(12-7-8-17(28-3)15(22)11-12)26-16-9-10-25-18-13(16)5-4-6-14(18)20(23)27/h4-11,19H,24H2,1-3H3,(H2,23,27)(H,25,26). The van der Waals surface area contributed by atoms with Crippen LogP contribution in [0.4, 0.5) is 5.69 Å². The fourth-order valence-corrected chi connectivity index (χ4v) is 3.48. The summed E-state index contributed by atoms with van der Waals surface area (Å²) in [4.78, 5) is 16.1. The number of rotatable bonds is 6. The van der Waals surface area contributed by atoms with Crippen molar-refractivity contribution in [1.29, 1.82) is 0 Å². The second-order valence-corrected chi connectivity index (χ2v) is 7.62. The van der Waals surface area contributed by atoms with Crippen LogP contribution >= 0.6 is 11.6 Å². The van der Waals surface area contributed by atoms with E-state index >= 15 is 0 Å². The Morgan fingerprint density at radius 2 is 2.00 bits per heavy atom. The van der Waals surface area contributed by atoms with Crippen LogP contribution < -0.4 is 21.5 Å². The van der Waals surface area contributed by atoms with E-state index in [-0.39, 0.29) is 6.04 Å². The molecule has 1 unspecified atom stereocenters. The molecule has 1 aromatic heterocycles. The zero-order valence-corrected chi connectivity index (χ0v) is 16.7. The average molecular weight is 399 g/mol. The molecule has 0 bridgehead atoms. The van der Waals surface area contributed by atoms with Crippen molar-refractivity contribution < 1.29 is 9.53 Å². The number of nitrogens with two attached hydrogens (primary N) is 2. The first-order chi connectivity index (χ1) is 13.2. The zero-order valence-electron chi connectivity index (χ0n) is 16.0. The number of ether oxygens (including phenoxy) is 1. The van der Waals surface area contributed by atoms with E-state index in [1.54, 1.807) is 25.4 Å². The molecule has 0 aliphatic heterocycles. The Kier molecular flexibility index (Phi) is 5.45. The number of amides is 1. The maximum atomic E-state index is 11.7. The molecule has 146 valence electrons. The van der Waals surface area contributed by atoms with Gasteiger partial charge in [-0.25, -0.2) is 0 Å². The molecule has 0 aliphatic carbocycles. The van der Waals surface area contributed by atoms with Gasteiger partial charge in [0.15, 0.2) is 0 Å². The zero-order chi connectivity index (χ0) is 20.5. The molecule has 0 saturated heterocycles. The molecule has 3 rings (SSSR count). The van der Waals surface area contributed by atoms with E-state index < -0.39 is 11.4 Å². The number of halogens is 1. The highest BCUT2D eigenvalue weighted by Gasteiger charge is 2.28. The van der Waals surface area contributed by atoms with Gasteiger partial charge in [-0.1, -0.05) is 29.8 Å². The molecule has 2 aromatic carbocycles. The normalized spacial score (nSPS) is 12.6. The minimum atomic E-state index is -0.616. The molecule has 1 heterocycles. The predicted octanol–water partition coefficient (Wildman–Crippen LogP) is 3.89. The SMILES string of the molecule is COc1ccc(C(Nc2ccnc3c(C(N)=O)cccc23)C(C)(C)N)cc1Cl. The summed E-state index contributed by atoms with van der Waals surface area (Å²) in [5, 5.41) is 4.78. The van der Waals surface area contributed by atoms with Gasteiger partial charge in [0.25, 0.3) is 5.91 Å². The molecule has 1 amide bonds. The summed E-state index contributed by atoms with van der Waals surface area (Å²) in [6.45, 7) is 3.86. The Morgan fingerprint density at radius 3 is 2.61 bits per heavy atom. The lowest BCUT2D eigenvalue weighted by Crippen LogP contribution is -2.43.